The summed E-state index contributed by atoms with van der Waals surface area (Å²) in [6, 6.07) is 5.03. The lowest BCUT2D eigenvalue weighted by molar-refractivity contribution is 0.619. The lowest BCUT2D eigenvalue weighted by atomic mass is 10.2. The van der Waals surface area contributed by atoms with Gasteiger partial charge in [-0.2, -0.15) is 0 Å². The first-order valence-corrected chi connectivity index (χ1v) is 4.44. The molecule has 3 heteroatoms. The quantitative estimate of drug-likeness (QED) is 0.698. The zero-order chi connectivity index (χ0) is 9.68. The zero-order valence-corrected chi connectivity index (χ0v) is 7.81. The Morgan fingerprint density at radius 3 is 2.92 bits per heavy atom. The Hall–Kier alpha value is -1.09. The van der Waals surface area contributed by atoms with Crippen molar-refractivity contribution in [2.45, 2.75) is 13.3 Å². The molecule has 2 nitrogen and oxygen atoms in total. The lowest BCUT2D eigenvalue weighted by Gasteiger charge is -2.08. The minimum Gasteiger partial charge on any atom is -0.385 e. The van der Waals surface area contributed by atoms with Crippen LogP contribution in [0.25, 0.3) is 0 Å². The van der Waals surface area contributed by atoms with Gasteiger partial charge in [0.25, 0.3) is 0 Å². The number of hydrogen-bond donors (Lipinski definition) is 2. The first kappa shape index (κ1) is 9.99. The average Bonchev–Trinajstić information content (AvgIpc) is 2.13. The Morgan fingerprint density at radius 2 is 2.23 bits per heavy atom. The van der Waals surface area contributed by atoms with Crippen molar-refractivity contribution in [2.24, 2.45) is 5.73 Å². The van der Waals surface area contributed by atoms with E-state index in [-0.39, 0.29) is 5.82 Å². The summed E-state index contributed by atoms with van der Waals surface area (Å²) in [7, 11) is 0. The SMILES string of the molecule is Cc1c(F)cccc1NCCCN. The Balaban J connectivity index is 2.61. The van der Waals surface area contributed by atoms with E-state index in [2.05, 4.69) is 5.32 Å². The van der Waals surface area contributed by atoms with E-state index in [1.165, 1.54) is 6.07 Å². The molecule has 72 valence electrons. The standard InChI is InChI=1S/C10H15FN2/c1-8-9(11)4-2-5-10(8)13-7-3-6-12/h2,4-5,13H,3,6-7,12H2,1H3. The predicted octanol–water partition coefficient (Wildman–Crippen LogP) is 1.89. The van der Waals surface area contributed by atoms with E-state index in [9.17, 15) is 4.39 Å². The van der Waals surface area contributed by atoms with Crippen molar-refractivity contribution in [3.05, 3.63) is 29.6 Å². The molecule has 0 radical (unpaired) electrons. The van der Waals surface area contributed by atoms with E-state index >= 15 is 0 Å². The number of benzene rings is 1. The molecule has 0 fully saturated rings. The third-order valence-electron chi connectivity index (χ3n) is 1.96. The Morgan fingerprint density at radius 1 is 1.46 bits per heavy atom. The molecule has 0 unspecified atom stereocenters. The topological polar surface area (TPSA) is 38.0 Å². The molecule has 0 saturated carbocycles. The number of nitrogens with one attached hydrogen (secondary N) is 1. The molecule has 0 bridgehead atoms. The van der Waals surface area contributed by atoms with Gasteiger partial charge in [0.05, 0.1) is 0 Å². The predicted molar refractivity (Wildman–Crippen MR) is 53.3 cm³/mol. The smallest absolute Gasteiger partial charge is 0.128 e. The van der Waals surface area contributed by atoms with Crippen LogP contribution >= 0.6 is 0 Å². The summed E-state index contributed by atoms with van der Waals surface area (Å²) in [5.74, 6) is -0.169. The van der Waals surface area contributed by atoms with E-state index in [0.29, 0.717) is 12.1 Å². The van der Waals surface area contributed by atoms with Crippen molar-refractivity contribution in [3.63, 3.8) is 0 Å². The van der Waals surface area contributed by atoms with Gasteiger partial charge in [-0.1, -0.05) is 6.07 Å². The molecule has 1 rings (SSSR count). The van der Waals surface area contributed by atoms with Gasteiger partial charge in [0, 0.05) is 17.8 Å². The molecular weight excluding hydrogens is 167 g/mol. The highest BCUT2D eigenvalue weighted by Crippen LogP contribution is 2.16. The van der Waals surface area contributed by atoms with Crippen molar-refractivity contribution in [2.75, 3.05) is 18.4 Å². The van der Waals surface area contributed by atoms with Crippen LogP contribution in [-0.2, 0) is 0 Å². The zero-order valence-electron chi connectivity index (χ0n) is 7.81. The van der Waals surface area contributed by atoms with Gasteiger partial charge in [-0.25, -0.2) is 4.39 Å². The number of rotatable bonds is 4. The average molecular weight is 182 g/mol. The maximum absolute atomic E-state index is 13.0. The molecule has 3 N–H and O–H groups in total. The molecule has 0 aliphatic heterocycles. The summed E-state index contributed by atoms with van der Waals surface area (Å²) in [4.78, 5) is 0. The van der Waals surface area contributed by atoms with Crippen LogP contribution < -0.4 is 11.1 Å². The maximum Gasteiger partial charge on any atom is 0.128 e. The van der Waals surface area contributed by atoms with Crippen molar-refractivity contribution in [1.82, 2.24) is 0 Å². The molecule has 0 heterocycles. The number of hydrogen-bond acceptors (Lipinski definition) is 2. The first-order valence-electron chi connectivity index (χ1n) is 4.44. The first-order chi connectivity index (χ1) is 6.25. The van der Waals surface area contributed by atoms with Gasteiger partial charge in [-0.05, 0) is 32.0 Å². The molecule has 0 spiro atoms. The number of nitrogens with two attached hydrogens (primary N) is 1. The largest absolute Gasteiger partial charge is 0.385 e. The minimum atomic E-state index is -0.169. The van der Waals surface area contributed by atoms with E-state index < -0.39 is 0 Å². The maximum atomic E-state index is 13.0. The fourth-order valence-corrected chi connectivity index (χ4v) is 1.12. The monoisotopic (exact) mass is 182 g/mol. The van der Waals surface area contributed by atoms with Crippen molar-refractivity contribution in [1.29, 1.82) is 0 Å². The molecule has 0 aliphatic carbocycles. The number of anilines is 1. The molecule has 1 aromatic rings. The van der Waals surface area contributed by atoms with Crippen molar-refractivity contribution >= 4 is 5.69 Å². The minimum absolute atomic E-state index is 0.169. The molecule has 13 heavy (non-hydrogen) atoms. The van der Waals surface area contributed by atoms with Gasteiger partial charge < -0.3 is 11.1 Å². The normalized spacial score (nSPS) is 10.1. The van der Waals surface area contributed by atoms with Gasteiger partial charge in [-0.15, -0.1) is 0 Å². The van der Waals surface area contributed by atoms with E-state index in [1.54, 1.807) is 13.0 Å². The van der Waals surface area contributed by atoms with Crippen LogP contribution in [0.2, 0.25) is 0 Å². The highest BCUT2D eigenvalue weighted by molar-refractivity contribution is 5.50. The fraction of sp³-hybridized carbons (Fsp3) is 0.400. The summed E-state index contributed by atoms with van der Waals surface area (Å²) in [5.41, 5.74) is 6.87. The Kier molecular flexibility index (Phi) is 3.71. The fourth-order valence-electron chi connectivity index (χ4n) is 1.12. The van der Waals surface area contributed by atoms with Gasteiger partial charge in [0.15, 0.2) is 0 Å². The molecule has 0 aliphatic rings. The third kappa shape index (κ3) is 2.70. The van der Waals surface area contributed by atoms with Crippen LogP contribution in [0.3, 0.4) is 0 Å². The van der Waals surface area contributed by atoms with Crippen molar-refractivity contribution < 1.29 is 4.39 Å². The van der Waals surface area contributed by atoms with E-state index in [1.807, 2.05) is 6.07 Å². The Bertz CT molecular complexity index is 274. The van der Waals surface area contributed by atoms with Gasteiger partial charge in [0.1, 0.15) is 5.82 Å². The van der Waals surface area contributed by atoms with Crippen LogP contribution in [0.15, 0.2) is 18.2 Å². The molecular formula is C10H15FN2. The molecule has 0 atom stereocenters. The summed E-state index contributed by atoms with van der Waals surface area (Å²) >= 11 is 0. The van der Waals surface area contributed by atoms with Crippen molar-refractivity contribution in [3.8, 4) is 0 Å². The number of halogens is 1. The summed E-state index contributed by atoms with van der Waals surface area (Å²) in [5, 5.41) is 3.13. The van der Waals surface area contributed by atoms with E-state index in [0.717, 1.165) is 18.7 Å². The van der Waals surface area contributed by atoms with Crippen LogP contribution in [0.4, 0.5) is 10.1 Å². The highest BCUT2D eigenvalue weighted by Gasteiger charge is 2.01. The second kappa shape index (κ2) is 4.82. The molecule has 0 saturated heterocycles. The molecule has 0 amide bonds. The molecule has 1 aromatic carbocycles. The summed E-state index contributed by atoms with van der Waals surface area (Å²) < 4.78 is 13.0. The Labute approximate surface area is 77.9 Å². The van der Waals surface area contributed by atoms with Crippen LogP contribution in [0, 0.1) is 12.7 Å². The van der Waals surface area contributed by atoms with Gasteiger partial charge in [-0.3, -0.25) is 0 Å². The van der Waals surface area contributed by atoms with Crippen LogP contribution in [0.5, 0.6) is 0 Å². The van der Waals surface area contributed by atoms with Crippen LogP contribution in [-0.4, -0.2) is 13.1 Å². The second-order valence-electron chi connectivity index (χ2n) is 2.98. The molecule has 0 aromatic heterocycles. The van der Waals surface area contributed by atoms with E-state index in [4.69, 9.17) is 5.73 Å². The highest BCUT2D eigenvalue weighted by atomic mass is 19.1. The summed E-state index contributed by atoms with van der Waals surface area (Å²) in [6.45, 7) is 3.21. The van der Waals surface area contributed by atoms with Crippen LogP contribution in [0.1, 0.15) is 12.0 Å². The third-order valence-corrected chi connectivity index (χ3v) is 1.96. The van der Waals surface area contributed by atoms with Gasteiger partial charge in [0.2, 0.25) is 0 Å². The summed E-state index contributed by atoms with van der Waals surface area (Å²) in [6.07, 6.45) is 0.899. The lowest BCUT2D eigenvalue weighted by Crippen LogP contribution is -2.09. The second-order valence-corrected chi connectivity index (χ2v) is 2.98. The van der Waals surface area contributed by atoms with Gasteiger partial charge >= 0.3 is 0 Å².